The molecule has 0 N–H and O–H groups in total. The van der Waals surface area contributed by atoms with Gasteiger partial charge in [0.05, 0.1) is 5.97 Å². The van der Waals surface area contributed by atoms with Gasteiger partial charge in [-0.3, -0.25) is 0 Å². The van der Waals surface area contributed by atoms with Crippen LogP contribution in [-0.2, 0) is 11.2 Å². The van der Waals surface area contributed by atoms with Crippen LogP contribution in [0.3, 0.4) is 0 Å². The molecule has 0 atom stereocenters. The van der Waals surface area contributed by atoms with Gasteiger partial charge < -0.3 is 14.6 Å². The number of para-hydroxylation sites is 1. The SMILES string of the molecule is C=CCc1ccccc1OCC(=O)[O-]. The van der Waals surface area contributed by atoms with Crippen molar-refractivity contribution in [2.75, 3.05) is 6.61 Å². The number of carboxylic acids is 1. The van der Waals surface area contributed by atoms with Crippen molar-refractivity contribution < 1.29 is 14.6 Å². The molecule has 0 heterocycles. The highest BCUT2D eigenvalue weighted by atomic mass is 16.5. The lowest BCUT2D eigenvalue weighted by molar-refractivity contribution is -0.307. The zero-order valence-corrected chi connectivity index (χ0v) is 7.73. The molecular formula is C11H11O3-. The molecule has 0 radical (unpaired) electrons. The highest BCUT2D eigenvalue weighted by molar-refractivity contribution is 5.66. The number of benzene rings is 1. The third kappa shape index (κ3) is 2.94. The molecule has 0 spiro atoms. The molecule has 3 heteroatoms. The fourth-order valence-electron chi connectivity index (χ4n) is 1.11. The summed E-state index contributed by atoms with van der Waals surface area (Å²) >= 11 is 0. The lowest BCUT2D eigenvalue weighted by Gasteiger charge is -2.10. The van der Waals surface area contributed by atoms with Gasteiger partial charge in [-0.2, -0.15) is 0 Å². The van der Waals surface area contributed by atoms with Crippen LogP contribution in [0.1, 0.15) is 5.56 Å². The van der Waals surface area contributed by atoms with Crippen LogP contribution in [0.2, 0.25) is 0 Å². The van der Waals surface area contributed by atoms with Gasteiger partial charge in [-0.1, -0.05) is 24.3 Å². The fraction of sp³-hybridized carbons (Fsp3) is 0.182. The van der Waals surface area contributed by atoms with Gasteiger partial charge in [0.2, 0.25) is 0 Å². The van der Waals surface area contributed by atoms with Gasteiger partial charge in [-0.15, -0.1) is 6.58 Å². The smallest absolute Gasteiger partial charge is 0.128 e. The van der Waals surface area contributed by atoms with Crippen LogP contribution >= 0.6 is 0 Å². The number of allylic oxidation sites excluding steroid dienone is 1. The molecule has 1 aromatic carbocycles. The Balaban J connectivity index is 2.73. The van der Waals surface area contributed by atoms with Crippen molar-refractivity contribution in [2.24, 2.45) is 0 Å². The quantitative estimate of drug-likeness (QED) is 0.638. The number of carbonyl (C=O) groups excluding carboxylic acids is 1. The topological polar surface area (TPSA) is 49.4 Å². The Morgan fingerprint density at radius 2 is 2.21 bits per heavy atom. The van der Waals surface area contributed by atoms with Crippen molar-refractivity contribution in [3.8, 4) is 5.75 Å². The minimum atomic E-state index is -1.22. The Bertz CT molecular complexity index is 331. The summed E-state index contributed by atoms with van der Waals surface area (Å²) < 4.78 is 5.04. The maximum Gasteiger partial charge on any atom is 0.128 e. The van der Waals surface area contributed by atoms with E-state index in [1.807, 2.05) is 12.1 Å². The Hall–Kier alpha value is -1.77. The molecule has 1 aromatic rings. The Labute approximate surface area is 82.6 Å². The monoisotopic (exact) mass is 191 g/mol. The van der Waals surface area contributed by atoms with Crippen LogP contribution in [0, 0.1) is 0 Å². The number of carboxylic acid groups (broad SMARTS) is 1. The zero-order chi connectivity index (χ0) is 10.4. The summed E-state index contributed by atoms with van der Waals surface area (Å²) in [6.45, 7) is 3.19. The first kappa shape index (κ1) is 10.3. The van der Waals surface area contributed by atoms with Crippen LogP contribution in [0.15, 0.2) is 36.9 Å². The summed E-state index contributed by atoms with van der Waals surface area (Å²) in [5.74, 6) is -0.657. The molecule has 0 amide bonds. The first-order chi connectivity index (χ1) is 6.74. The van der Waals surface area contributed by atoms with Gasteiger partial charge in [0, 0.05) is 0 Å². The highest BCUT2D eigenvalue weighted by Crippen LogP contribution is 2.18. The summed E-state index contributed by atoms with van der Waals surface area (Å²) in [5.41, 5.74) is 0.920. The standard InChI is InChI=1S/C11H12O3/c1-2-5-9-6-3-4-7-10(9)14-8-11(12)13/h2-4,6-7H,1,5,8H2,(H,12,13)/p-1. The molecule has 0 aliphatic carbocycles. The lowest BCUT2D eigenvalue weighted by atomic mass is 10.1. The van der Waals surface area contributed by atoms with E-state index in [4.69, 9.17) is 4.74 Å². The third-order valence-electron chi connectivity index (χ3n) is 1.68. The molecule has 74 valence electrons. The van der Waals surface area contributed by atoms with Gasteiger partial charge >= 0.3 is 0 Å². The highest BCUT2D eigenvalue weighted by Gasteiger charge is 2.00. The summed E-state index contributed by atoms with van der Waals surface area (Å²) in [6.07, 6.45) is 2.39. The predicted octanol–water partition coefficient (Wildman–Crippen LogP) is 0.544. The number of hydrogen-bond acceptors (Lipinski definition) is 3. The molecule has 0 saturated carbocycles. The third-order valence-corrected chi connectivity index (χ3v) is 1.68. The van der Waals surface area contributed by atoms with E-state index < -0.39 is 12.6 Å². The number of carbonyl (C=O) groups is 1. The van der Waals surface area contributed by atoms with E-state index in [-0.39, 0.29) is 0 Å². The van der Waals surface area contributed by atoms with Gasteiger partial charge in [-0.25, -0.2) is 0 Å². The van der Waals surface area contributed by atoms with Crippen LogP contribution in [0.5, 0.6) is 5.75 Å². The van der Waals surface area contributed by atoms with Crippen molar-refractivity contribution >= 4 is 5.97 Å². The van der Waals surface area contributed by atoms with Crippen molar-refractivity contribution in [1.29, 1.82) is 0 Å². The average molecular weight is 191 g/mol. The number of hydrogen-bond donors (Lipinski definition) is 0. The number of rotatable bonds is 5. The fourth-order valence-corrected chi connectivity index (χ4v) is 1.11. The largest absolute Gasteiger partial charge is 0.546 e. The molecule has 0 unspecified atom stereocenters. The zero-order valence-electron chi connectivity index (χ0n) is 7.73. The Morgan fingerprint density at radius 1 is 1.50 bits per heavy atom. The van der Waals surface area contributed by atoms with Crippen molar-refractivity contribution in [3.05, 3.63) is 42.5 Å². The van der Waals surface area contributed by atoms with Gasteiger partial charge in [-0.05, 0) is 18.1 Å². The lowest BCUT2D eigenvalue weighted by Crippen LogP contribution is -2.29. The van der Waals surface area contributed by atoms with Crippen molar-refractivity contribution in [2.45, 2.75) is 6.42 Å². The molecule has 0 aromatic heterocycles. The summed E-state index contributed by atoms with van der Waals surface area (Å²) in [6, 6.07) is 7.25. The normalized spacial score (nSPS) is 9.43. The first-order valence-electron chi connectivity index (χ1n) is 4.25. The van der Waals surface area contributed by atoms with Crippen LogP contribution < -0.4 is 9.84 Å². The van der Waals surface area contributed by atoms with Gasteiger partial charge in [0.25, 0.3) is 0 Å². The first-order valence-corrected chi connectivity index (χ1v) is 4.25. The van der Waals surface area contributed by atoms with E-state index in [1.165, 1.54) is 0 Å². The number of aliphatic carboxylic acids is 1. The van der Waals surface area contributed by atoms with Crippen LogP contribution in [0.4, 0.5) is 0 Å². The summed E-state index contributed by atoms with van der Waals surface area (Å²) in [4.78, 5) is 10.2. The second-order valence-corrected chi connectivity index (χ2v) is 2.76. The molecule has 0 saturated heterocycles. The van der Waals surface area contributed by atoms with E-state index in [9.17, 15) is 9.90 Å². The molecule has 0 bridgehead atoms. The molecule has 0 aliphatic rings. The van der Waals surface area contributed by atoms with Crippen LogP contribution in [-0.4, -0.2) is 12.6 Å². The minimum absolute atomic E-state index is 0.422. The second kappa shape index (κ2) is 5.07. The van der Waals surface area contributed by atoms with E-state index in [0.717, 1.165) is 5.56 Å². The van der Waals surface area contributed by atoms with E-state index in [0.29, 0.717) is 12.2 Å². The molecule has 0 fully saturated rings. The van der Waals surface area contributed by atoms with E-state index >= 15 is 0 Å². The van der Waals surface area contributed by atoms with Gasteiger partial charge in [0.1, 0.15) is 12.4 Å². The molecule has 14 heavy (non-hydrogen) atoms. The van der Waals surface area contributed by atoms with E-state index in [2.05, 4.69) is 6.58 Å². The molecule has 0 aliphatic heterocycles. The predicted molar refractivity (Wildman–Crippen MR) is 50.8 cm³/mol. The molecular weight excluding hydrogens is 180 g/mol. The van der Waals surface area contributed by atoms with Crippen molar-refractivity contribution in [1.82, 2.24) is 0 Å². The van der Waals surface area contributed by atoms with E-state index in [1.54, 1.807) is 18.2 Å². The summed E-state index contributed by atoms with van der Waals surface area (Å²) in [5, 5.41) is 10.2. The average Bonchev–Trinajstić information content (AvgIpc) is 2.17. The minimum Gasteiger partial charge on any atom is -0.546 e. The maximum atomic E-state index is 10.2. The van der Waals surface area contributed by atoms with Crippen molar-refractivity contribution in [3.63, 3.8) is 0 Å². The van der Waals surface area contributed by atoms with Gasteiger partial charge in [0.15, 0.2) is 0 Å². The summed E-state index contributed by atoms with van der Waals surface area (Å²) in [7, 11) is 0. The molecule has 3 nitrogen and oxygen atoms in total. The molecule has 1 rings (SSSR count). The number of ether oxygens (including phenoxy) is 1. The second-order valence-electron chi connectivity index (χ2n) is 2.76. The Morgan fingerprint density at radius 3 is 2.86 bits per heavy atom. The Kier molecular flexibility index (Phi) is 3.73. The maximum absolute atomic E-state index is 10.2. The van der Waals surface area contributed by atoms with Crippen LogP contribution in [0.25, 0.3) is 0 Å².